The molecular weight excluding hydrogens is 310 g/mol. The van der Waals surface area contributed by atoms with E-state index in [1.807, 2.05) is 19.6 Å². The predicted molar refractivity (Wildman–Crippen MR) is 79.2 cm³/mol. The van der Waals surface area contributed by atoms with Crippen LogP contribution in [-0.2, 0) is 19.2 Å². The first-order valence-electron chi connectivity index (χ1n) is 6.91. The number of carboxylic acid groups (broad SMARTS) is 1. The molecule has 1 heterocycles. The van der Waals surface area contributed by atoms with Gasteiger partial charge in [-0.05, 0) is 6.42 Å². The minimum atomic E-state index is -2.36. The molecule has 0 radical (unpaired) electrons. The Labute approximate surface area is 129 Å². The predicted octanol–water partition coefficient (Wildman–Crippen LogP) is -0.338. The van der Waals surface area contributed by atoms with Crippen molar-refractivity contribution in [3.05, 3.63) is 0 Å². The van der Waals surface area contributed by atoms with E-state index in [1.54, 1.807) is 6.92 Å². The lowest BCUT2D eigenvalue weighted by molar-refractivity contribution is -0.269. The number of hydrogen-bond donors (Lipinski definition) is 3. The first kappa shape index (κ1) is 18.4. The monoisotopic (exact) mass is 333 g/mol. The summed E-state index contributed by atoms with van der Waals surface area (Å²) in [7, 11) is -2.36. The fourth-order valence-electron chi connectivity index (χ4n) is 2.40. The molecule has 0 aliphatic carbocycles. The van der Waals surface area contributed by atoms with Crippen LogP contribution in [0, 0.1) is 0 Å². The summed E-state index contributed by atoms with van der Waals surface area (Å²) in [6.07, 6.45) is -0.808. The minimum Gasteiger partial charge on any atom is -0.479 e. The van der Waals surface area contributed by atoms with Crippen LogP contribution in [0.15, 0.2) is 0 Å². The highest BCUT2D eigenvalue weighted by Crippen LogP contribution is 2.34. The fourth-order valence-corrected chi connectivity index (χ4v) is 4.48. The Kier molecular flexibility index (Phi) is 5.20. The molecule has 1 rings (SSSR count). The summed E-state index contributed by atoms with van der Waals surface area (Å²) in [4.78, 5) is 39.9. The van der Waals surface area contributed by atoms with E-state index in [0.717, 1.165) is 5.06 Å². The molecular formula is C12H23N3O6Si. The lowest BCUT2D eigenvalue weighted by atomic mass is 10.0. The van der Waals surface area contributed by atoms with Gasteiger partial charge < -0.3 is 21.3 Å². The lowest BCUT2D eigenvalue weighted by Gasteiger charge is -2.49. The average Bonchev–Trinajstić information content (AvgIpc) is 2.39. The number of primary amides is 1. The van der Waals surface area contributed by atoms with Crippen molar-refractivity contribution < 1.29 is 29.1 Å². The van der Waals surface area contributed by atoms with Gasteiger partial charge in [-0.15, -0.1) is 0 Å². The third kappa shape index (κ3) is 3.08. The summed E-state index contributed by atoms with van der Waals surface area (Å²) >= 11 is 0. The van der Waals surface area contributed by atoms with Gasteiger partial charge in [0.1, 0.15) is 26.8 Å². The molecule has 0 aromatic rings. The molecule has 2 amide bonds. The van der Waals surface area contributed by atoms with Gasteiger partial charge in [0.15, 0.2) is 5.22 Å². The zero-order valence-electron chi connectivity index (χ0n) is 13.2. The number of carboxylic acids is 1. The van der Waals surface area contributed by atoms with Crippen LogP contribution >= 0.6 is 0 Å². The van der Waals surface area contributed by atoms with Crippen molar-refractivity contribution in [1.29, 1.82) is 0 Å². The Hall–Kier alpha value is -1.65. The van der Waals surface area contributed by atoms with E-state index in [2.05, 4.69) is 4.74 Å². The molecule has 1 aliphatic heterocycles. The van der Waals surface area contributed by atoms with E-state index >= 15 is 0 Å². The Balaban J connectivity index is 2.99. The molecule has 1 saturated heterocycles. The summed E-state index contributed by atoms with van der Waals surface area (Å²) < 4.78 is 4.64. The highest BCUT2D eigenvalue weighted by Gasteiger charge is 2.57. The summed E-state index contributed by atoms with van der Waals surface area (Å²) in [6.45, 7) is 6.95. The number of aliphatic carboxylic acids is 1. The Bertz CT molecular complexity index is 480. The number of amides is 2. The van der Waals surface area contributed by atoms with Crippen LogP contribution in [0.4, 0.5) is 4.79 Å². The van der Waals surface area contributed by atoms with Crippen molar-refractivity contribution in [3.8, 4) is 0 Å². The van der Waals surface area contributed by atoms with Crippen molar-refractivity contribution in [3.63, 3.8) is 0 Å². The standard InChI is InChI=1S/C12H23N3O6Si/c1-5-12(10(17)18,22(2,3)4)21-15-7(6-20-11(14)19)8(13)9(15)16/h7-8H,5-6,13H2,1-4H3,(H2,14,19)(H,17,18)/t7-,8+,12?/m1/s1. The maximum Gasteiger partial charge on any atom is 0.404 e. The number of hydrogen-bond acceptors (Lipinski definition) is 6. The number of ether oxygens (including phenoxy) is 1. The van der Waals surface area contributed by atoms with Crippen LogP contribution in [0.2, 0.25) is 19.6 Å². The maximum absolute atomic E-state index is 11.9. The van der Waals surface area contributed by atoms with Crippen molar-refractivity contribution in [2.45, 2.75) is 50.3 Å². The van der Waals surface area contributed by atoms with Gasteiger partial charge in [0.05, 0.1) is 0 Å². The molecule has 0 saturated carbocycles. The van der Waals surface area contributed by atoms with Crippen molar-refractivity contribution >= 4 is 26.0 Å². The molecule has 3 atom stereocenters. The molecule has 0 aromatic heterocycles. The number of rotatable bonds is 7. The molecule has 1 unspecified atom stereocenters. The zero-order valence-corrected chi connectivity index (χ0v) is 14.2. The van der Waals surface area contributed by atoms with Gasteiger partial charge in [0, 0.05) is 0 Å². The molecule has 9 nitrogen and oxygen atoms in total. The second kappa shape index (κ2) is 6.22. The Morgan fingerprint density at radius 3 is 2.32 bits per heavy atom. The van der Waals surface area contributed by atoms with Crippen molar-refractivity contribution in [2.24, 2.45) is 11.5 Å². The van der Waals surface area contributed by atoms with E-state index in [1.165, 1.54) is 0 Å². The molecule has 1 aliphatic rings. The third-order valence-corrected chi connectivity index (χ3v) is 7.01. The van der Waals surface area contributed by atoms with E-state index in [-0.39, 0.29) is 13.0 Å². The largest absolute Gasteiger partial charge is 0.479 e. The molecule has 22 heavy (non-hydrogen) atoms. The number of β-lactam (4-membered cyclic amide) rings is 1. The van der Waals surface area contributed by atoms with Crippen LogP contribution in [0.3, 0.4) is 0 Å². The molecule has 5 N–H and O–H groups in total. The van der Waals surface area contributed by atoms with Gasteiger partial charge in [-0.2, -0.15) is 0 Å². The van der Waals surface area contributed by atoms with Gasteiger partial charge >= 0.3 is 12.1 Å². The summed E-state index contributed by atoms with van der Waals surface area (Å²) in [5.74, 6) is -1.67. The number of nitrogens with two attached hydrogens (primary N) is 2. The van der Waals surface area contributed by atoms with Crippen LogP contribution in [0.1, 0.15) is 13.3 Å². The van der Waals surface area contributed by atoms with Crippen LogP contribution in [0.5, 0.6) is 0 Å². The summed E-state index contributed by atoms with van der Waals surface area (Å²) in [5.41, 5.74) is 10.5. The molecule has 0 bridgehead atoms. The van der Waals surface area contributed by atoms with Gasteiger partial charge in [-0.25, -0.2) is 14.7 Å². The third-order valence-electron chi connectivity index (χ3n) is 3.92. The lowest BCUT2D eigenvalue weighted by Crippen LogP contribution is -2.74. The maximum atomic E-state index is 11.9. The van der Waals surface area contributed by atoms with E-state index in [9.17, 15) is 19.5 Å². The minimum absolute atomic E-state index is 0.195. The molecule has 126 valence electrons. The average molecular weight is 333 g/mol. The van der Waals surface area contributed by atoms with E-state index in [4.69, 9.17) is 16.3 Å². The number of carbonyl (C=O) groups is 3. The molecule has 0 aromatic carbocycles. The molecule has 1 fully saturated rings. The molecule has 0 spiro atoms. The van der Waals surface area contributed by atoms with Gasteiger partial charge in [-0.3, -0.25) is 9.63 Å². The van der Waals surface area contributed by atoms with Gasteiger partial charge in [0.2, 0.25) is 0 Å². The second-order valence-corrected chi connectivity index (χ2v) is 11.5. The first-order valence-corrected chi connectivity index (χ1v) is 10.4. The second-order valence-electron chi connectivity index (χ2n) is 6.21. The highest BCUT2D eigenvalue weighted by atomic mass is 28.3. The van der Waals surface area contributed by atoms with Crippen molar-refractivity contribution in [2.75, 3.05) is 6.61 Å². The smallest absolute Gasteiger partial charge is 0.404 e. The zero-order chi connectivity index (χ0) is 17.3. The summed E-state index contributed by atoms with van der Waals surface area (Å²) in [5, 5.41) is 9.05. The summed E-state index contributed by atoms with van der Waals surface area (Å²) in [6, 6.07) is -1.66. The van der Waals surface area contributed by atoms with Gasteiger partial charge in [0.25, 0.3) is 5.91 Å². The van der Waals surface area contributed by atoms with Crippen LogP contribution in [0.25, 0.3) is 0 Å². The first-order chi connectivity index (χ1) is 9.98. The topological polar surface area (TPSA) is 145 Å². The normalized spacial score (nSPS) is 24.4. The fraction of sp³-hybridized carbons (Fsp3) is 0.750. The van der Waals surface area contributed by atoms with Crippen molar-refractivity contribution in [1.82, 2.24) is 5.06 Å². The highest BCUT2D eigenvalue weighted by molar-refractivity contribution is 6.82. The Morgan fingerprint density at radius 1 is 1.41 bits per heavy atom. The van der Waals surface area contributed by atoms with E-state index in [0.29, 0.717) is 0 Å². The molecule has 10 heteroatoms. The number of nitrogens with zero attached hydrogens (tertiary/aromatic N) is 1. The van der Waals surface area contributed by atoms with Crippen LogP contribution < -0.4 is 11.5 Å². The van der Waals surface area contributed by atoms with Crippen LogP contribution in [-0.4, -0.2) is 60.1 Å². The number of carbonyl (C=O) groups excluding carboxylic acids is 2. The van der Waals surface area contributed by atoms with E-state index < -0.39 is 43.4 Å². The quantitative estimate of drug-likeness (QED) is 0.427. The SMILES string of the molecule is CCC(ON1C(=O)[C@@H](N)[C@H]1COC(N)=O)(C(=O)O)[Si](C)(C)C. The Morgan fingerprint density at radius 2 is 1.95 bits per heavy atom. The van der Waals surface area contributed by atoms with Gasteiger partial charge in [-0.1, -0.05) is 26.6 Å². The number of hydroxylamine groups is 2.